The number of ether oxygens (including phenoxy) is 1. The van der Waals surface area contributed by atoms with Crippen molar-refractivity contribution in [2.45, 2.75) is 6.18 Å². The molecule has 0 aliphatic heterocycles. The molecule has 2 aromatic carbocycles. The van der Waals surface area contributed by atoms with Gasteiger partial charge < -0.3 is 9.15 Å². The Morgan fingerprint density at radius 1 is 1.00 bits per heavy atom. The van der Waals surface area contributed by atoms with E-state index in [0.29, 0.717) is 22.8 Å². The Labute approximate surface area is 146 Å². The summed E-state index contributed by atoms with van der Waals surface area (Å²) in [5.41, 5.74) is 0.215. The first-order valence-corrected chi connectivity index (χ1v) is 7.77. The first-order valence-electron chi connectivity index (χ1n) is 7.77. The highest BCUT2D eigenvalue weighted by atomic mass is 19.4. The zero-order valence-electron chi connectivity index (χ0n) is 13.6. The summed E-state index contributed by atoms with van der Waals surface area (Å²) in [6.07, 6.45) is -4.58. The normalized spacial score (nSPS) is 11.8. The fourth-order valence-corrected chi connectivity index (χ4v) is 2.76. The van der Waals surface area contributed by atoms with Crippen LogP contribution in [0.25, 0.3) is 28.1 Å². The summed E-state index contributed by atoms with van der Waals surface area (Å²) >= 11 is 0. The molecule has 0 radical (unpaired) electrons. The van der Waals surface area contributed by atoms with E-state index in [9.17, 15) is 13.2 Å². The molecule has 7 heteroatoms. The van der Waals surface area contributed by atoms with Gasteiger partial charge in [0.15, 0.2) is 5.69 Å². The van der Waals surface area contributed by atoms with E-state index in [1.165, 1.54) is 10.7 Å². The minimum absolute atomic E-state index is 0.0503. The summed E-state index contributed by atoms with van der Waals surface area (Å²) in [5.74, 6) is 0.978. The van der Waals surface area contributed by atoms with Crippen LogP contribution >= 0.6 is 0 Å². The lowest BCUT2D eigenvalue weighted by Gasteiger charge is -2.04. The molecule has 0 aliphatic carbocycles. The van der Waals surface area contributed by atoms with E-state index >= 15 is 0 Å². The number of furan rings is 1. The number of benzene rings is 2. The second-order valence-corrected chi connectivity index (χ2v) is 5.65. The Kier molecular flexibility index (Phi) is 3.72. The topological polar surface area (TPSA) is 40.2 Å². The minimum Gasteiger partial charge on any atom is -0.497 e. The smallest absolute Gasteiger partial charge is 0.435 e. The van der Waals surface area contributed by atoms with Crippen molar-refractivity contribution in [2.75, 3.05) is 7.11 Å². The van der Waals surface area contributed by atoms with Crippen molar-refractivity contribution in [1.29, 1.82) is 0 Å². The van der Waals surface area contributed by atoms with Gasteiger partial charge in [0, 0.05) is 5.56 Å². The van der Waals surface area contributed by atoms with Gasteiger partial charge in [-0.2, -0.15) is 23.0 Å². The van der Waals surface area contributed by atoms with Gasteiger partial charge in [-0.05, 0) is 42.5 Å². The van der Waals surface area contributed by atoms with Crippen LogP contribution in [-0.2, 0) is 6.18 Å². The van der Waals surface area contributed by atoms with E-state index in [-0.39, 0.29) is 11.1 Å². The van der Waals surface area contributed by atoms with Gasteiger partial charge in [0.2, 0.25) is 5.71 Å². The molecule has 0 saturated carbocycles. The summed E-state index contributed by atoms with van der Waals surface area (Å²) in [4.78, 5) is 0. The molecule has 0 atom stereocenters. The average molecular weight is 358 g/mol. The van der Waals surface area contributed by atoms with E-state index < -0.39 is 11.9 Å². The van der Waals surface area contributed by atoms with Gasteiger partial charge in [-0.15, -0.1) is 0 Å². The molecule has 132 valence electrons. The van der Waals surface area contributed by atoms with E-state index in [1.54, 1.807) is 61.7 Å². The molecule has 4 aromatic rings. The number of methoxy groups -OCH3 is 1. The molecule has 0 aliphatic rings. The molecule has 2 heterocycles. The van der Waals surface area contributed by atoms with Gasteiger partial charge in [-0.3, -0.25) is 0 Å². The molecular weight excluding hydrogens is 345 g/mol. The maximum Gasteiger partial charge on any atom is 0.435 e. The quantitative estimate of drug-likeness (QED) is 0.498. The van der Waals surface area contributed by atoms with Gasteiger partial charge in [0.1, 0.15) is 11.5 Å². The molecule has 26 heavy (non-hydrogen) atoms. The molecule has 4 nitrogen and oxygen atoms in total. The average Bonchev–Trinajstić information content (AvgIpc) is 3.21. The zero-order valence-corrected chi connectivity index (χ0v) is 13.6. The van der Waals surface area contributed by atoms with Crippen molar-refractivity contribution >= 4 is 11.1 Å². The number of halogens is 3. The predicted molar refractivity (Wildman–Crippen MR) is 90.3 cm³/mol. The lowest BCUT2D eigenvalue weighted by molar-refractivity contribution is -0.140. The van der Waals surface area contributed by atoms with Gasteiger partial charge in [0.25, 0.3) is 0 Å². The third-order valence-electron chi connectivity index (χ3n) is 4.00. The largest absolute Gasteiger partial charge is 0.497 e. The SMILES string of the molecule is COc1ccc(-c2cc3c(C(F)(F)F)nn(-c4ccccc4)c3o2)cc1. The Bertz CT molecular complexity index is 1050. The minimum atomic E-state index is -4.58. The molecule has 0 unspecified atom stereocenters. The molecule has 0 bridgehead atoms. The van der Waals surface area contributed by atoms with Crippen LogP contribution < -0.4 is 4.74 Å². The second kappa shape index (κ2) is 5.94. The number of para-hydroxylation sites is 1. The van der Waals surface area contributed by atoms with Crippen molar-refractivity contribution in [3.05, 3.63) is 66.4 Å². The molecular formula is C19H13F3N2O2. The summed E-state index contributed by atoms with van der Waals surface area (Å²) in [7, 11) is 1.54. The molecule has 0 spiro atoms. The van der Waals surface area contributed by atoms with E-state index in [0.717, 1.165) is 0 Å². The van der Waals surface area contributed by atoms with E-state index in [2.05, 4.69) is 5.10 Å². The van der Waals surface area contributed by atoms with Crippen molar-refractivity contribution in [3.63, 3.8) is 0 Å². The van der Waals surface area contributed by atoms with Gasteiger partial charge in [-0.1, -0.05) is 18.2 Å². The fourth-order valence-electron chi connectivity index (χ4n) is 2.76. The van der Waals surface area contributed by atoms with Crippen LogP contribution in [-0.4, -0.2) is 16.9 Å². The number of fused-ring (bicyclic) bond motifs is 1. The summed E-state index contributed by atoms with van der Waals surface area (Å²) in [5, 5.41) is 3.65. The Morgan fingerprint density at radius 2 is 1.69 bits per heavy atom. The van der Waals surface area contributed by atoms with Crippen LogP contribution in [0.2, 0.25) is 0 Å². The maximum absolute atomic E-state index is 13.4. The molecule has 0 amide bonds. The Balaban J connectivity index is 1.91. The number of hydrogen-bond donors (Lipinski definition) is 0. The molecule has 2 aromatic heterocycles. The molecule has 0 fully saturated rings. The third-order valence-corrected chi connectivity index (χ3v) is 4.00. The Hall–Kier alpha value is -3.22. The van der Waals surface area contributed by atoms with Crippen molar-refractivity contribution in [3.8, 4) is 22.8 Å². The lowest BCUT2D eigenvalue weighted by Crippen LogP contribution is -2.07. The van der Waals surface area contributed by atoms with Crippen LogP contribution in [0.4, 0.5) is 13.2 Å². The van der Waals surface area contributed by atoms with Gasteiger partial charge in [0.05, 0.1) is 18.2 Å². The van der Waals surface area contributed by atoms with Crippen LogP contribution in [0.1, 0.15) is 5.69 Å². The summed E-state index contributed by atoms with van der Waals surface area (Å²) in [6, 6.07) is 16.8. The number of hydrogen-bond acceptors (Lipinski definition) is 3. The highest BCUT2D eigenvalue weighted by Gasteiger charge is 2.38. The van der Waals surface area contributed by atoms with Crippen LogP contribution in [0, 0.1) is 0 Å². The summed E-state index contributed by atoms with van der Waals surface area (Å²) < 4.78 is 52.3. The van der Waals surface area contributed by atoms with Crippen molar-refractivity contribution in [2.24, 2.45) is 0 Å². The highest BCUT2D eigenvalue weighted by molar-refractivity contribution is 5.84. The molecule has 0 saturated heterocycles. The molecule has 0 N–H and O–H groups in total. The predicted octanol–water partition coefficient (Wildman–Crippen LogP) is 5.31. The van der Waals surface area contributed by atoms with Crippen LogP contribution in [0.15, 0.2) is 65.1 Å². The molecule has 4 rings (SSSR count). The van der Waals surface area contributed by atoms with Gasteiger partial charge >= 0.3 is 6.18 Å². The number of alkyl halides is 3. The fraction of sp³-hybridized carbons (Fsp3) is 0.105. The first kappa shape index (κ1) is 16.3. The van der Waals surface area contributed by atoms with Crippen molar-refractivity contribution < 1.29 is 22.3 Å². The number of aromatic nitrogens is 2. The summed E-state index contributed by atoms with van der Waals surface area (Å²) in [6.45, 7) is 0. The lowest BCUT2D eigenvalue weighted by atomic mass is 10.1. The van der Waals surface area contributed by atoms with Crippen molar-refractivity contribution in [1.82, 2.24) is 9.78 Å². The van der Waals surface area contributed by atoms with Crippen LogP contribution in [0.3, 0.4) is 0 Å². The van der Waals surface area contributed by atoms with E-state index in [4.69, 9.17) is 9.15 Å². The highest BCUT2D eigenvalue weighted by Crippen LogP contribution is 2.38. The van der Waals surface area contributed by atoms with Gasteiger partial charge in [-0.25, -0.2) is 0 Å². The number of rotatable bonds is 3. The monoisotopic (exact) mass is 358 g/mol. The first-order chi connectivity index (χ1) is 12.5. The maximum atomic E-state index is 13.4. The second-order valence-electron chi connectivity index (χ2n) is 5.65. The van der Waals surface area contributed by atoms with E-state index in [1.807, 2.05) is 0 Å². The Morgan fingerprint density at radius 3 is 2.31 bits per heavy atom. The third kappa shape index (κ3) is 2.71. The zero-order chi connectivity index (χ0) is 18.3. The van der Waals surface area contributed by atoms with Crippen LogP contribution in [0.5, 0.6) is 5.75 Å². The number of nitrogens with zero attached hydrogens (tertiary/aromatic N) is 2. The standard InChI is InChI=1S/C19H13F3N2O2/c1-25-14-9-7-12(8-10-14)16-11-15-17(19(20,21)22)23-24(18(15)26-16)13-5-3-2-4-6-13/h2-11H,1H3.